The SMILES string of the molecule is CCC1CC(=O)N(C(Cc2ccc(C)cc2)NC(=O)c2ccccn2)N=C1c1ccc(OC)c(OC)c1. The number of aromatic nitrogens is 1. The second-order valence-corrected chi connectivity index (χ2v) is 9.00. The van der Waals surface area contributed by atoms with Crippen LogP contribution in [0.25, 0.3) is 0 Å². The highest BCUT2D eigenvalue weighted by Crippen LogP contribution is 2.32. The fourth-order valence-corrected chi connectivity index (χ4v) is 4.39. The van der Waals surface area contributed by atoms with Gasteiger partial charge >= 0.3 is 0 Å². The maximum absolute atomic E-state index is 13.4. The third kappa shape index (κ3) is 5.97. The highest BCUT2D eigenvalue weighted by molar-refractivity contribution is 6.06. The third-order valence-electron chi connectivity index (χ3n) is 6.49. The number of amides is 2. The molecule has 0 bridgehead atoms. The number of pyridine rings is 1. The van der Waals surface area contributed by atoms with Crippen molar-refractivity contribution in [2.45, 2.75) is 39.3 Å². The van der Waals surface area contributed by atoms with Gasteiger partial charge in [0.2, 0.25) is 5.91 Å². The minimum atomic E-state index is -0.697. The number of carbonyl (C=O) groups excluding carboxylic acids is 2. The van der Waals surface area contributed by atoms with Crippen LogP contribution in [0.4, 0.5) is 0 Å². The van der Waals surface area contributed by atoms with Crippen LogP contribution in [-0.2, 0) is 11.2 Å². The van der Waals surface area contributed by atoms with Crippen molar-refractivity contribution < 1.29 is 19.1 Å². The van der Waals surface area contributed by atoms with Gasteiger partial charge in [-0.3, -0.25) is 14.6 Å². The van der Waals surface area contributed by atoms with Crippen molar-refractivity contribution in [2.75, 3.05) is 14.2 Å². The zero-order valence-corrected chi connectivity index (χ0v) is 21.6. The molecule has 1 N–H and O–H groups in total. The average molecular weight is 501 g/mol. The summed E-state index contributed by atoms with van der Waals surface area (Å²) in [6, 6.07) is 18.8. The Morgan fingerprint density at radius 2 is 1.84 bits per heavy atom. The lowest BCUT2D eigenvalue weighted by molar-refractivity contribution is -0.135. The monoisotopic (exact) mass is 500 g/mol. The molecule has 1 aromatic heterocycles. The quantitative estimate of drug-likeness (QED) is 0.471. The summed E-state index contributed by atoms with van der Waals surface area (Å²) < 4.78 is 10.9. The van der Waals surface area contributed by atoms with Crippen molar-refractivity contribution in [1.82, 2.24) is 15.3 Å². The Labute approximate surface area is 217 Å². The summed E-state index contributed by atoms with van der Waals surface area (Å²) in [6.07, 6.45) is 2.29. The minimum Gasteiger partial charge on any atom is -0.493 e. The standard InChI is InChI=1S/C29H32N4O4/c1-5-21-18-27(34)33(32-28(21)22-13-14-24(36-3)25(17-22)37-4)26(16-20-11-9-19(2)10-12-20)31-29(35)23-8-6-7-15-30-23/h6-15,17,21,26H,5,16,18H2,1-4H3,(H,31,35). The van der Waals surface area contributed by atoms with E-state index in [9.17, 15) is 9.59 Å². The second kappa shape index (κ2) is 11.7. The van der Waals surface area contributed by atoms with E-state index in [4.69, 9.17) is 14.6 Å². The van der Waals surface area contributed by atoms with Gasteiger partial charge in [-0.1, -0.05) is 42.8 Å². The fourth-order valence-electron chi connectivity index (χ4n) is 4.39. The number of carbonyl (C=O) groups is 2. The number of nitrogens with zero attached hydrogens (tertiary/aromatic N) is 3. The molecule has 2 unspecified atom stereocenters. The number of methoxy groups -OCH3 is 2. The van der Waals surface area contributed by atoms with Crippen LogP contribution >= 0.6 is 0 Å². The highest BCUT2D eigenvalue weighted by Gasteiger charge is 2.34. The number of nitrogens with one attached hydrogen (secondary N) is 1. The summed E-state index contributed by atoms with van der Waals surface area (Å²) in [6.45, 7) is 4.05. The molecule has 2 aromatic carbocycles. The maximum atomic E-state index is 13.4. The topological polar surface area (TPSA) is 93.1 Å². The van der Waals surface area contributed by atoms with Crippen molar-refractivity contribution in [1.29, 1.82) is 0 Å². The van der Waals surface area contributed by atoms with Gasteiger partial charge in [0.05, 0.1) is 19.9 Å². The summed E-state index contributed by atoms with van der Waals surface area (Å²) in [5, 5.41) is 9.26. The summed E-state index contributed by atoms with van der Waals surface area (Å²) in [4.78, 5) is 30.6. The number of rotatable bonds is 9. The van der Waals surface area contributed by atoms with Crippen molar-refractivity contribution in [3.8, 4) is 11.5 Å². The van der Waals surface area contributed by atoms with E-state index in [0.717, 1.165) is 28.8 Å². The molecule has 3 aromatic rings. The number of benzene rings is 2. The van der Waals surface area contributed by atoms with Gasteiger partial charge in [-0.15, -0.1) is 0 Å². The first kappa shape index (κ1) is 25.9. The summed E-state index contributed by atoms with van der Waals surface area (Å²) in [5.41, 5.74) is 3.99. The van der Waals surface area contributed by atoms with Crippen molar-refractivity contribution in [2.24, 2.45) is 11.0 Å². The van der Waals surface area contributed by atoms with Gasteiger partial charge in [0, 0.05) is 30.5 Å². The lowest BCUT2D eigenvalue weighted by Crippen LogP contribution is -2.52. The fraction of sp³-hybridized carbons (Fsp3) is 0.310. The van der Waals surface area contributed by atoms with E-state index in [2.05, 4.69) is 10.3 Å². The molecule has 8 heteroatoms. The molecular weight excluding hydrogens is 468 g/mol. The maximum Gasteiger partial charge on any atom is 0.271 e. The molecule has 0 aliphatic carbocycles. The Kier molecular flexibility index (Phi) is 8.18. The van der Waals surface area contributed by atoms with Gasteiger partial charge in [-0.25, -0.2) is 5.01 Å². The molecule has 0 spiro atoms. The molecular formula is C29H32N4O4. The van der Waals surface area contributed by atoms with E-state index in [1.54, 1.807) is 38.6 Å². The molecule has 1 aliphatic heterocycles. The summed E-state index contributed by atoms with van der Waals surface area (Å²) >= 11 is 0. The zero-order chi connectivity index (χ0) is 26.4. The lowest BCUT2D eigenvalue weighted by atomic mass is 9.89. The minimum absolute atomic E-state index is 0.0617. The number of hydrogen-bond acceptors (Lipinski definition) is 6. The van der Waals surface area contributed by atoms with E-state index in [1.165, 1.54) is 5.01 Å². The first-order chi connectivity index (χ1) is 17.9. The van der Waals surface area contributed by atoms with Crippen LogP contribution in [0.5, 0.6) is 11.5 Å². The van der Waals surface area contributed by atoms with Crippen molar-refractivity contribution in [3.05, 3.63) is 89.2 Å². The van der Waals surface area contributed by atoms with Gasteiger partial charge < -0.3 is 14.8 Å². The Morgan fingerprint density at radius 1 is 1.08 bits per heavy atom. The smallest absolute Gasteiger partial charge is 0.271 e. The molecule has 192 valence electrons. The number of hydrogen-bond donors (Lipinski definition) is 1. The highest BCUT2D eigenvalue weighted by atomic mass is 16.5. The molecule has 0 fully saturated rings. The van der Waals surface area contributed by atoms with E-state index in [-0.39, 0.29) is 29.8 Å². The van der Waals surface area contributed by atoms with Crippen LogP contribution < -0.4 is 14.8 Å². The van der Waals surface area contributed by atoms with Crippen LogP contribution in [-0.4, -0.2) is 47.9 Å². The van der Waals surface area contributed by atoms with Crippen LogP contribution in [0.15, 0.2) is 72.0 Å². The van der Waals surface area contributed by atoms with E-state index < -0.39 is 6.17 Å². The molecule has 2 heterocycles. The van der Waals surface area contributed by atoms with E-state index in [0.29, 0.717) is 17.9 Å². The first-order valence-electron chi connectivity index (χ1n) is 12.3. The zero-order valence-electron chi connectivity index (χ0n) is 21.6. The predicted molar refractivity (Wildman–Crippen MR) is 142 cm³/mol. The number of ether oxygens (including phenoxy) is 2. The second-order valence-electron chi connectivity index (χ2n) is 9.00. The Balaban J connectivity index is 1.73. The van der Waals surface area contributed by atoms with Gasteiger partial charge in [0.25, 0.3) is 5.91 Å². The van der Waals surface area contributed by atoms with E-state index in [1.807, 2.05) is 56.3 Å². The van der Waals surface area contributed by atoms with Gasteiger partial charge in [-0.05, 0) is 49.2 Å². The van der Waals surface area contributed by atoms with Crippen molar-refractivity contribution in [3.63, 3.8) is 0 Å². The number of aryl methyl sites for hydroxylation is 1. The molecule has 1 aliphatic rings. The molecule has 4 rings (SSSR count). The summed E-state index contributed by atoms with van der Waals surface area (Å²) in [7, 11) is 3.17. The molecule has 8 nitrogen and oxygen atoms in total. The van der Waals surface area contributed by atoms with Crippen LogP contribution in [0.3, 0.4) is 0 Å². The van der Waals surface area contributed by atoms with Gasteiger partial charge in [0.1, 0.15) is 11.9 Å². The molecule has 0 saturated heterocycles. The Bertz CT molecular complexity index is 1270. The Hall–Kier alpha value is -4.20. The average Bonchev–Trinajstić information content (AvgIpc) is 2.93. The normalized spacial score (nSPS) is 16.1. The van der Waals surface area contributed by atoms with E-state index >= 15 is 0 Å². The molecule has 2 amide bonds. The molecule has 0 radical (unpaired) electrons. The third-order valence-corrected chi connectivity index (χ3v) is 6.49. The largest absolute Gasteiger partial charge is 0.493 e. The molecule has 2 atom stereocenters. The van der Waals surface area contributed by atoms with Crippen molar-refractivity contribution >= 4 is 17.5 Å². The predicted octanol–water partition coefficient (Wildman–Crippen LogP) is 4.37. The first-order valence-corrected chi connectivity index (χ1v) is 12.3. The number of hydrazone groups is 1. The van der Waals surface area contributed by atoms with Crippen LogP contribution in [0.2, 0.25) is 0 Å². The summed E-state index contributed by atoms with van der Waals surface area (Å²) in [5.74, 6) is 0.623. The van der Waals surface area contributed by atoms with Gasteiger partial charge in [-0.2, -0.15) is 5.10 Å². The Morgan fingerprint density at radius 3 is 2.49 bits per heavy atom. The lowest BCUT2D eigenvalue weighted by Gasteiger charge is -2.34. The van der Waals surface area contributed by atoms with Gasteiger partial charge in [0.15, 0.2) is 11.5 Å². The van der Waals surface area contributed by atoms with Crippen LogP contribution in [0, 0.1) is 12.8 Å². The molecule has 0 saturated carbocycles. The molecule has 37 heavy (non-hydrogen) atoms. The van der Waals surface area contributed by atoms with Crippen LogP contribution in [0.1, 0.15) is 46.9 Å².